The van der Waals surface area contributed by atoms with Gasteiger partial charge < -0.3 is 14.4 Å². The van der Waals surface area contributed by atoms with Gasteiger partial charge in [-0.3, -0.25) is 9.78 Å². The lowest BCUT2D eigenvalue weighted by Gasteiger charge is -2.40. The fourth-order valence-electron chi connectivity index (χ4n) is 4.46. The Balaban J connectivity index is 1.53. The topological polar surface area (TPSA) is 75.5 Å². The summed E-state index contributed by atoms with van der Waals surface area (Å²) >= 11 is 0. The summed E-state index contributed by atoms with van der Waals surface area (Å²) in [5.41, 5.74) is -1.73. The lowest BCUT2D eigenvalue weighted by Crippen LogP contribution is -2.51. The molecule has 0 aliphatic carbocycles. The van der Waals surface area contributed by atoms with Crippen molar-refractivity contribution in [1.29, 1.82) is 5.26 Å². The Hall–Kier alpha value is -3.19. The number of hydrogen-bond acceptors (Lipinski definition) is 5. The van der Waals surface area contributed by atoms with Crippen LogP contribution in [0.4, 0.5) is 17.6 Å². The van der Waals surface area contributed by atoms with Crippen LogP contribution in [0.1, 0.15) is 45.6 Å². The Morgan fingerprint density at radius 2 is 1.97 bits per heavy atom. The van der Waals surface area contributed by atoms with E-state index in [4.69, 9.17) is 9.47 Å². The third-order valence-corrected chi connectivity index (χ3v) is 6.36. The largest absolute Gasteiger partial charge is 0.495 e. The van der Waals surface area contributed by atoms with Crippen LogP contribution in [-0.4, -0.2) is 49.2 Å². The average Bonchev–Trinajstić information content (AvgIpc) is 2.79. The second kappa shape index (κ2) is 9.22. The fraction of sp³-hybridized carbons (Fsp3) is 0.458. The predicted molar refractivity (Wildman–Crippen MR) is 113 cm³/mol. The van der Waals surface area contributed by atoms with Crippen molar-refractivity contribution in [1.82, 2.24) is 9.88 Å². The minimum Gasteiger partial charge on any atom is -0.495 e. The first-order valence-electron chi connectivity index (χ1n) is 10.9. The van der Waals surface area contributed by atoms with Crippen molar-refractivity contribution in [2.24, 2.45) is 5.92 Å². The quantitative estimate of drug-likeness (QED) is 0.602. The van der Waals surface area contributed by atoms with Gasteiger partial charge in [-0.25, -0.2) is 4.39 Å². The van der Waals surface area contributed by atoms with E-state index in [-0.39, 0.29) is 54.4 Å². The van der Waals surface area contributed by atoms with Crippen LogP contribution in [0.5, 0.6) is 5.75 Å². The van der Waals surface area contributed by atoms with Gasteiger partial charge in [0.1, 0.15) is 17.5 Å². The van der Waals surface area contributed by atoms with Gasteiger partial charge in [-0.15, -0.1) is 0 Å². The van der Waals surface area contributed by atoms with Crippen molar-refractivity contribution >= 4 is 5.91 Å². The lowest BCUT2D eigenvalue weighted by molar-refractivity contribution is -0.137. The average molecular weight is 477 g/mol. The highest BCUT2D eigenvalue weighted by Crippen LogP contribution is 2.43. The van der Waals surface area contributed by atoms with Gasteiger partial charge in [0.2, 0.25) is 0 Å². The predicted octanol–water partition coefficient (Wildman–Crippen LogP) is 4.27. The monoisotopic (exact) mass is 477 g/mol. The highest BCUT2D eigenvalue weighted by Gasteiger charge is 2.42. The van der Waals surface area contributed by atoms with E-state index in [1.54, 1.807) is 0 Å². The molecule has 2 aliphatic heterocycles. The summed E-state index contributed by atoms with van der Waals surface area (Å²) in [4.78, 5) is 18.8. The van der Waals surface area contributed by atoms with Crippen LogP contribution in [0.15, 0.2) is 30.5 Å². The fourth-order valence-corrected chi connectivity index (χ4v) is 4.46. The number of nitriles is 1. The molecule has 1 amide bonds. The summed E-state index contributed by atoms with van der Waals surface area (Å²) in [5, 5.41) is 9.46. The van der Waals surface area contributed by atoms with Gasteiger partial charge in [-0.05, 0) is 30.5 Å². The number of benzene rings is 1. The summed E-state index contributed by atoms with van der Waals surface area (Å²) in [6.07, 6.45) is -3.06. The number of likely N-dealkylation sites (tertiary alicyclic amines) is 1. The number of halogens is 4. The molecule has 0 atom stereocenters. The van der Waals surface area contributed by atoms with E-state index in [9.17, 15) is 23.2 Å². The highest BCUT2D eigenvalue weighted by atomic mass is 19.4. The number of aromatic nitrogens is 1. The van der Waals surface area contributed by atoms with Gasteiger partial charge in [0.25, 0.3) is 5.91 Å². The van der Waals surface area contributed by atoms with Crippen molar-refractivity contribution in [2.45, 2.75) is 31.1 Å². The number of pyridine rings is 1. The standard InChI is InChI=1S/C24H23F4N3O3/c1-33-21-16(11-29)2-5-19(23(25)6-8-34-9-7-23)20(21)22(32)31-13-15(14-31)10-18-4-3-17(12-30-18)24(26,27)28/h2-5,12,15H,6-10,13-14H2,1H3. The minimum absolute atomic E-state index is 0.00389. The molecule has 2 aromatic rings. The minimum atomic E-state index is -4.45. The lowest BCUT2D eigenvalue weighted by atomic mass is 9.83. The van der Waals surface area contributed by atoms with E-state index in [0.29, 0.717) is 25.2 Å². The zero-order valence-electron chi connectivity index (χ0n) is 18.5. The number of carbonyl (C=O) groups excluding carboxylic acids is 1. The Morgan fingerprint density at radius 1 is 1.26 bits per heavy atom. The molecule has 0 radical (unpaired) electrons. The second-order valence-electron chi connectivity index (χ2n) is 8.57. The molecule has 0 unspecified atom stereocenters. The molecule has 2 saturated heterocycles. The zero-order chi connectivity index (χ0) is 24.5. The van der Waals surface area contributed by atoms with E-state index in [0.717, 1.165) is 12.3 Å². The molecule has 3 heterocycles. The highest BCUT2D eigenvalue weighted by molar-refractivity contribution is 6.00. The zero-order valence-corrected chi connectivity index (χ0v) is 18.5. The van der Waals surface area contributed by atoms with Gasteiger partial charge in [-0.1, -0.05) is 6.07 Å². The van der Waals surface area contributed by atoms with Crippen LogP contribution in [-0.2, 0) is 23.0 Å². The molecule has 2 aliphatic rings. The maximum absolute atomic E-state index is 15.9. The number of carbonyl (C=O) groups is 1. The van der Waals surface area contributed by atoms with Gasteiger partial charge in [-0.2, -0.15) is 18.4 Å². The first kappa shape index (κ1) is 24.0. The van der Waals surface area contributed by atoms with Crippen molar-refractivity contribution in [3.05, 3.63) is 58.4 Å². The van der Waals surface area contributed by atoms with Crippen LogP contribution in [0, 0.1) is 17.2 Å². The number of amides is 1. The summed E-state index contributed by atoms with van der Waals surface area (Å²) in [7, 11) is 1.33. The molecule has 1 aromatic carbocycles. The molecule has 34 heavy (non-hydrogen) atoms. The number of ether oxygens (including phenoxy) is 2. The maximum atomic E-state index is 15.9. The summed E-state index contributed by atoms with van der Waals surface area (Å²) in [6, 6.07) is 7.24. The molecule has 2 fully saturated rings. The molecule has 1 aromatic heterocycles. The van der Waals surface area contributed by atoms with Crippen LogP contribution in [0.2, 0.25) is 0 Å². The first-order chi connectivity index (χ1) is 16.2. The van der Waals surface area contributed by atoms with Gasteiger partial charge in [0.05, 0.1) is 23.8 Å². The van der Waals surface area contributed by atoms with Crippen LogP contribution >= 0.6 is 0 Å². The molecule has 0 saturated carbocycles. The van der Waals surface area contributed by atoms with Gasteiger partial charge >= 0.3 is 6.18 Å². The van der Waals surface area contributed by atoms with Gasteiger partial charge in [0.15, 0.2) is 0 Å². The Kier molecular flexibility index (Phi) is 6.49. The number of methoxy groups -OCH3 is 1. The van der Waals surface area contributed by atoms with Crippen molar-refractivity contribution in [3.63, 3.8) is 0 Å². The van der Waals surface area contributed by atoms with Crippen molar-refractivity contribution < 1.29 is 31.8 Å². The van der Waals surface area contributed by atoms with Crippen molar-refractivity contribution in [2.75, 3.05) is 33.4 Å². The number of nitrogens with zero attached hydrogens (tertiary/aromatic N) is 3. The normalized spacial score (nSPS) is 18.2. The van der Waals surface area contributed by atoms with E-state index in [1.165, 1.54) is 30.2 Å². The molecule has 4 rings (SSSR count). The Morgan fingerprint density at radius 3 is 2.53 bits per heavy atom. The molecular weight excluding hydrogens is 454 g/mol. The Labute approximate surface area is 194 Å². The van der Waals surface area contributed by atoms with E-state index in [2.05, 4.69) is 4.98 Å². The molecule has 0 N–H and O–H groups in total. The third kappa shape index (κ3) is 4.57. The molecule has 0 bridgehead atoms. The number of alkyl halides is 4. The van der Waals surface area contributed by atoms with Crippen LogP contribution < -0.4 is 4.74 Å². The summed E-state index contributed by atoms with van der Waals surface area (Å²) in [6.45, 7) is 1.11. The SMILES string of the molecule is COc1c(C#N)ccc(C2(F)CCOCC2)c1C(=O)N1CC(Cc2ccc(C(F)(F)F)cn2)C1. The van der Waals surface area contributed by atoms with E-state index >= 15 is 4.39 Å². The molecule has 10 heteroatoms. The molecule has 0 spiro atoms. The van der Waals surface area contributed by atoms with E-state index < -0.39 is 23.3 Å². The first-order valence-corrected chi connectivity index (χ1v) is 10.9. The number of hydrogen-bond donors (Lipinski definition) is 0. The van der Waals surface area contributed by atoms with Gasteiger partial charge in [0, 0.05) is 56.6 Å². The molecular formula is C24H23F4N3O3. The second-order valence-corrected chi connectivity index (χ2v) is 8.57. The molecule has 6 nitrogen and oxygen atoms in total. The van der Waals surface area contributed by atoms with Crippen LogP contribution in [0.3, 0.4) is 0 Å². The third-order valence-electron chi connectivity index (χ3n) is 6.36. The maximum Gasteiger partial charge on any atom is 0.417 e. The van der Waals surface area contributed by atoms with Crippen LogP contribution in [0.25, 0.3) is 0 Å². The van der Waals surface area contributed by atoms with E-state index in [1.807, 2.05) is 6.07 Å². The summed E-state index contributed by atoms with van der Waals surface area (Å²) < 4.78 is 64.7. The van der Waals surface area contributed by atoms with Crippen molar-refractivity contribution in [3.8, 4) is 11.8 Å². The Bertz CT molecular complexity index is 1100. The summed E-state index contributed by atoms with van der Waals surface area (Å²) in [5.74, 6) is -0.394. The number of rotatable bonds is 5. The molecule has 180 valence electrons. The smallest absolute Gasteiger partial charge is 0.417 e.